The van der Waals surface area contributed by atoms with E-state index >= 15 is 0 Å². The van der Waals surface area contributed by atoms with Crippen molar-refractivity contribution in [3.63, 3.8) is 0 Å². The average Bonchev–Trinajstić information content (AvgIpc) is 2.94. The zero-order chi connectivity index (χ0) is 19.8. The second kappa shape index (κ2) is 7.16. The number of carbonyl (C=O) groups is 1. The number of methoxy groups -OCH3 is 1. The summed E-state index contributed by atoms with van der Waals surface area (Å²) in [6, 6.07) is 8.41. The van der Waals surface area contributed by atoms with Crippen LogP contribution in [0.4, 0.5) is 10.8 Å². The smallest absolute Gasteiger partial charge is 0.262 e. The van der Waals surface area contributed by atoms with E-state index in [1.165, 1.54) is 25.4 Å². The molecule has 0 fully saturated rings. The summed E-state index contributed by atoms with van der Waals surface area (Å²) in [6.07, 6.45) is 0. The molecule has 7 nitrogen and oxygen atoms in total. The van der Waals surface area contributed by atoms with E-state index in [9.17, 15) is 13.2 Å². The van der Waals surface area contributed by atoms with Crippen molar-refractivity contribution in [2.24, 2.45) is 0 Å². The van der Waals surface area contributed by atoms with Crippen molar-refractivity contribution in [2.75, 3.05) is 17.1 Å². The van der Waals surface area contributed by atoms with Crippen LogP contribution < -0.4 is 14.8 Å². The lowest BCUT2D eigenvalue weighted by molar-refractivity contribution is -0.114. The number of amides is 1. The van der Waals surface area contributed by atoms with E-state index in [-0.39, 0.29) is 10.8 Å². The Labute approximate surface area is 161 Å². The largest absolute Gasteiger partial charge is 0.494 e. The summed E-state index contributed by atoms with van der Waals surface area (Å²) < 4.78 is 34.2. The van der Waals surface area contributed by atoms with E-state index in [0.717, 1.165) is 5.56 Å². The summed E-state index contributed by atoms with van der Waals surface area (Å²) in [5.74, 6) is 0.183. The second-order valence-electron chi connectivity index (χ2n) is 6.10. The molecule has 2 N–H and O–H groups in total. The lowest BCUT2D eigenvalue weighted by atomic mass is 10.2. The van der Waals surface area contributed by atoms with Crippen molar-refractivity contribution in [3.8, 4) is 5.75 Å². The molecule has 1 aromatic heterocycles. The number of sulfonamides is 1. The van der Waals surface area contributed by atoms with Crippen molar-refractivity contribution in [1.29, 1.82) is 0 Å². The van der Waals surface area contributed by atoms with E-state index in [4.69, 9.17) is 4.74 Å². The molecule has 1 amide bonds. The van der Waals surface area contributed by atoms with Crippen LogP contribution in [-0.4, -0.2) is 26.4 Å². The van der Waals surface area contributed by atoms with Gasteiger partial charge in [0.05, 0.1) is 22.4 Å². The van der Waals surface area contributed by atoms with Crippen LogP contribution in [0, 0.1) is 13.8 Å². The van der Waals surface area contributed by atoms with Crippen LogP contribution in [0.3, 0.4) is 0 Å². The van der Waals surface area contributed by atoms with Gasteiger partial charge in [-0.1, -0.05) is 29.0 Å². The van der Waals surface area contributed by atoms with Crippen molar-refractivity contribution in [2.45, 2.75) is 25.7 Å². The third-order valence-electron chi connectivity index (χ3n) is 3.84. The number of fused-ring (bicyclic) bond motifs is 1. The normalized spacial score (nSPS) is 11.4. The Morgan fingerprint density at radius 3 is 2.56 bits per heavy atom. The SMILES string of the molecule is COc1cc(NS(=O)(=O)c2ccc(C)cc2C)cc2sc(NC(C)=O)nc12. The van der Waals surface area contributed by atoms with Gasteiger partial charge in [-0.25, -0.2) is 13.4 Å². The molecule has 0 bridgehead atoms. The van der Waals surface area contributed by atoms with E-state index in [1.807, 2.05) is 13.0 Å². The number of thiazole rings is 1. The first-order valence-corrected chi connectivity index (χ1v) is 10.4. The Morgan fingerprint density at radius 1 is 1.19 bits per heavy atom. The number of hydrogen-bond donors (Lipinski definition) is 2. The number of aryl methyl sites for hydroxylation is 2. The molecule has 0 saturated carbocycles. The van der Waals surface area contributed by atoms with Gasteiger partial charge in [-0.15, -0.1) is 0 Å². The third kappa shape index (κ3) is 4.04. The molecule has 0 unspecified atom stereocenters. The number of rotatable bonds is 5. The highest BCUT2D eigenvalue weighted by Gasteiger charge is 2.19. The van der Waals surface area contributed by atoms with Crippen LogP contribution in [0.1, 0.15) is 18.1 Å². The van der Waals surface area contributed by atoms with E-state index in [2.05, 4.69) is 15.0 Å². The van der Waals surface area contributed by atoms with Gasteiger partial charge in [-0.2, -0.15) is 0 Å². The molecule has 0 radical (unpaired) electrons. The molecule has 0 spiro atoms. The minimum Gasteiger partial charge on any atom is -0.494 e. The van der Waals surface area contributed by atoms with Crippen molar-refractivity contribution >= 4 is 48.3 Å². The molecule has 142 valence electrons. The first-order valence-electron chi connectivity index (χ1n) is 8.06. The summed E-state index contributed by atoms with van der Waals surface area (Å²) in [5, 5.41) is 3.05. The van der Waals surface area contributed by atoms with Gasteiger partial charge in [0.25, 0.3) is 10.0 Å². The van der Waals surface area contributed by atoms with E-state index in [0.29, 0.717) is 32.3 Å². The topological polar surface area (TPSA) is 97.4 Å². The highest BCUT2D eigenvalue weighted by molar-refractivity contribution is 7.92. The van der Waals surface area contributed by atoms with E-state index in [1.54, 1.807) is 31.2 Å². The van der Waals surface area contributed by atoms with Crippen molar-refractivity contribution in [3.05, 3.63) is 41.5 Å². The second-order valence-corrected chi connectivity index (χ2v) is 8.78. The number of benzene rings is 2. The Hall–Kier alpha value is -2.65. The Balaban J connectivity index is 2.02. The highest BCUT2D eigenvalue weighted by Crippen LogP contribution is 2.36. The van der Waals surface area contributed by atoms with Crippen LogP contribution in [0.5, 0.6) is 5.75 Å². The summed E-state index contributed by atoms with van der Waals surface area (Å²) >= 11 is 1.24. The molecule has 0 saturated heterocycles. The molecule has 27 heavy (non-hydrogen) atoms. The fraction of sp³-hybridized carbons (Fsp3) is 0.222. The van der Waals surface area contributed by atoms with Crippen LogP contribution >= 0.6 is 11.3 Å². The maximum absolute atomic E-state index is 12.8. The summed E-state index contributed by atoms with van der Waals surface area (Å²) in [4.78, 5) is 15.8. The molecule has 9 heteroatoms. The Kier molecular flexibility index (Phi) is 5.07. The van der Waals surface area contributed by atoms with Crippen LogP contribution in [-0.2, 0) is 14.8 Å². The molecule has 3 rings (SSSR count). The van der Waals surface area contributed by atoms with Gasteiger partial charge in [0.2, 0.25) is 5.91 Å². The average molecular weight is 406 g/mol. The monoisotopic (exact) mass is 405 g/mol. The molecular formula is C18H19N3O4S2. The zero-order valence-corrected chi connectivity index (χ0v) is 16.9. The van der Waals surface area contributed by atoms with Crippen LogP contribution in [0.25, 0.3) is 10.2 Å². The molecule has 0 aliphatic heterocycles. The number of nitrogens with one attached hydrogen (secondary N) is 2. The summed E-state index contributed by atoms with van der Waals surface area (Å²) in [5.41, 5.74) is 2.57. The lowest BCUT2D eigenvalue weighted by Crippen LogP contribution is -2.14. The number of anilines is 2. The molecule has 0 aliphatic carbocycles. The van der Waals surface area contributed by atoms with Gasteiger partial charge in [0.15, 0.2) is 5.13 Å². The van der Waals surface area contributed by atoms with Crippen molar-refractivity contribution in [1.82, 2.24) is 4.98 Å². The molecule has 1 heterocycles. The molecule has 0 aliphatic rings. The van der Waals surface area contributed by atoms with Crippen molar-refractivity contribution < 1.29 is 17.9 Å². The van der Waals surface area contributed by atoms with Gasteiger partial charge in [-0.3, -0.25) is 9.52 Å². The number of aromatic nitrogens is 1. The first kappa shape index (κ1) is 19.1. The standard InChI is InChI=1S/C18H19N3O4S2/c1-10-5-6-16(11(2)7-10)27(23,24)21-13-8-14(25-4)17-15(9-13)26-18(20-17)19-12(3)22/h5-9,21H,1-4H3,(H,19,20,22). The predicted octanol–water partition coefficient (Wildman–Crippen LogP) is 3.68. The molecule has 3 aromatic rings. The number of nitrogens with zero attached hydrogens (tertiary/aromatic N) is 1. The highest BCUT2D eigenvalue weighted by atomic mass is 32.2. The fourth-order valence-corrected chi connectivity index (χ4v) is 4.97. The van der Waals surface area contributed by atoms with Crippen LogP contribution in [0.2, 0.25) is 0 Å². The maximum atomic E-state index is 12.8. The third-order valence-corrected chi connectivity index (χ3v) is 6.29. The maximum Gasteiger partial charge on any atom is 0.262 e. The molecular weight excluding hydrogens is 386 g/mol. The molecule has 2 aromatic carbocycles. The number of carbonyl (C=O) groups excluding carboxylic acids is 1. The minimum atomic E-state index is -3.76. The zero-order valence-electron chi connectivity index (χ0n) is 15.3. The fourth-order valence-electron chi connectivity index (χ4n) is 2.73. The first-order chi connectivity index (χ1) is 12.7. The van der Waals surface area contributed by atoms with Gasteiger partial charge < -0.3 is 10.1 Å². The van der Waals surface area contributed by atoms with Gasteiger partial charge in [0, 0.05) is 13.0 Å². The number of hydrogen-bond acceptors (Lipinski definition) is 6. The van der Waals surface area contributed by atoms with Gasteiger partial charge in [0.1, 0.15) is 11.3 Å². The van der Waals surface area contributed by atoms with Gasteiger partial charge >= 0.3 is 0 Å². The molecule has 0 atom stereocenters. The predicted molar refractivity (Wildman–Crippen MR) is 107 cm³/mol. The minimum absolute atomic E-state index is 0.218. The quantitative estimate of drug-likeness (QED) is 0.675. The summed E-state index contributed by atoms with van der Waals surface area (Å²) in [7, 11) is -2.28. The lowest BCUT2D eigenvalue weighted by Gasteiger charge is -2.12. The number of ether oxygens (including phenoxy) is 1. The Morgan fingerprint density at radius 2 is 1.93 bits per heavy atom. The summed E-state index contributed by atoms with van der Waals surface area (Å²) in [6.45, 7) is 5.06. The van der Waals surface area contributed by atoms with E-state index < -0.39 is 10.0 Å². The van der Waals surface area contributed by atoms with Crippen LogP contribution in [0.15, 0.2) is 35.2 Å². The Bertz CT molecular complexity index is 1140. The van der Waals surface area contributed by atoms with Gasteiger partial charge in [-0.05, 0) is 31.5 Å².